The Bertz CT molecular complexity index is 575. The summed E-state index contributed by atoms with van der Waals surface area (Å²) in [7, 11) is -0.872. The Labute approximate surface area is 104 Å². The smallest absolute Gasteiger partial charge is 0.267 e. The van der Waals surface area contributed by atoms with Crippen molar-refractivity contribution in [2.75, 3.05) is 13.6 Å². The van der Waals surface area contributed by atoms with E-state index in [1.165, 1.54) is 30.9 Å². The fourth-order valence-electron chi connectivity index (χ4n) is 1.28. The van der Waals surface area contributed by atoms with Gasteiger partial charge in [0.05, 0.1) is 6.54 Å². The van der Waals surface area contributed by atoms with Crippen LogP contribution in [0.3, 0.4) is 0 Å². The molecule has 0 aromatic carbocycles. The lowest BCUT2D eigenvalue weighted by Crippen LogP contribution is -2.33. The number of rotatable bonds is 5. The van der Waals surface area contributed by atoms with Crippen molar-refractivity contribution >= 4 is 21.8 Å². The molecule has 1 heterocycles. The average Bonchev–Trinajstić information content (AvgIpc) is 2.68. The number of sulfonamides is 1. The number of carbonyl (C=O) groups excluding carboxylic acids is 2. The van der Waals surface area contributed by atoms with Gasteiger partial charge in [0, 0.05) is 20.3 Å². The molecule has 18 heavy (non-hydrogen) atoms. The molecule has 0 saturated heterocycles. The first-order valence-corrected chi connectivity index (χ1v) is 6.42. The number of hydrogen-bond donors (Lipinski definition) is 3. The van der Waals surface area contributed by atoms with E-state index in [1.807, 2.05) is 4.72 Å². The van der Waals surface area contributed by atoms with Gasteiger partial charge in [0.2, 0.25) is 15.9 Å². The third-order valence-electron chi connectivity index (χ3n) is 2.19. The molecule has 8 nitrogen and oxygen atoms in total. The van der Waals surface area contributed by atoms with Gasteiger partial charge in [0.25, 0.3) is 5.91 Å². The highest BCUT2D eigenvalue weighted by Crippen LogP contribution is 2.13. The first kappa shape index (κ1) is 14.2. The summed E-state index contributed by atoms with van der Waals surface area (Å²) in [5.74, 6) is -1.20. The molecular formula is C9H14N4O4S. The fraction of sp³-hybridized carbons (Fsp3) is 0.333. The van der Waals surface area contributed by atoms with Crippen molar-refractivity contribution in [2.24, 2.45) is 12.8 Å². The molecule has 1 rings (SSSR count). The van der Waals surface area contributed by atoms with Gasteiger partial charge in [-0.15, -0.1) is 0 Å². The maximum atomic E-state index is 11.7. The quantitative estimate of drug-likeness (QED) is 0.583. The van der Waals surface area contributed by atoms with E-state index in [9.17, 15) is 18.0 Å². The zero-order valence-electron chi connectivity index (χ0n) is 9.93. The molecule has 0 atom stereocenters. The van der Waals surface area contributed by atoms with Crippen LogP contribution in [-0.4, -0.2) is 38.4 Å². The molecule has 0 aliphatic carbocycles. The van der Waals surface area contributed by atoms with E-state index in [0.717, 1.165) is 0 Å². The molecule has 0 aliphatic rings. The standard InChI is InChI=1S/C9H14N4O4S/c1-11-9(15)7-3-6(5-13(7)2)18(16,17)12-4-8(10)14/h3,5,12H,4H2,1-2H3,(H2,10,14)(H,11,15). The Hall–Kier alpha value is -1.87. The molecule has 100 valence electrons. The molecule has 0 saturated carbocycles. The van der Waals surface area contributed by atoms with Crippen LogP contribution in [-0.2, 0) is 21.9 Å². The summed E-state index contributed by atoms with van der Waals surface area (Å²) in [6, 6.07) is 1.21. The summed E-state index contributed by atoms with van der Waals surface area (Å²) < 4.78 is 26.9. The molecule has 0 bridgehead atoms. The maximum absolute atomic E-state index is 11.7. The average molecular weight is 274 g/mol. The molecule has 0 fully saturated rings. The highest BCUT2D eigenvalue weighted by Gasteiger charge is 2.20. The number of nitrogens with one attached hydrogen (secondary N) is 2. The first-order chi connectivity index (χ1) is 8.27. The van der Waals surface area contributed by atoms with E-state index in [0.29, 0.717) is 0 Å². The maximum Gasteiger partial charge on any atom is 0.267 e. The predicted octanol–water partition coefficient (Wildman–Crippen LogP) is -1.85. The van der Waals surface area contributed by atoms with Crippen molar-refractivity contribution in [3.05, 3.63) is 18.0 Å². The Balaban J connectivity index is 3.04. The van der Waals surface area contributed by atoms with E-state index in [4.69, 9.17) is 5.73 Å². The van der Waals surface area contributed by atoms with Gasteiger partial charge < -0.3 is 15.6 Å². The van der Waals surface area contributed by atoms with Gasteiger partial charge in [-0.1, -0.05) is 0 Å². The zero-order valence-corrected chi connectivity index (χ0v) is 10.7. The van der Waals surface area contributed by atoms with E-state index < -0.39 is 28.4 Å². The number of aryl methyl sites for hydroxylation is 1. The fourth-order valence-corrected chi connectivity index (χ4v) is 2.35. The second kappa shape index (κ2) is 5.19. The van der Waals surface area contributed by atoms with Crippen molar-refractivity contribution in [1.82, 2.24) is 14.6 Å². The summed E-state index contributed by atoms with van der Waals surface area (Å²) in [5.41, 5.74) is 5.04. The number of nitrogens with zero attached hydrogens (tertiary/aromatic N) is 1. The van der Waals surface area contributed by atoms with Crippen LogP contribution in [0.5, 0.6) is 0 Å². The molecule has 9 heteroatoms. The molecule has 0 radical (unpaired) electrons. The first-order valence-electron chi connectivity index (χ1n) is 4.94. The van der Waals surface area contributed by atoms with Crippen LogP contribution >= 0.6 is 0 Å². The number of nitrogens with two attached hydrogens (primary N) is 1. The zero-order chi connectivity index (χ0) is 13.9. The summed E-state index contributed by atoms with van der Waals surface area (Å²) >= 11 is 0. The molecular weight excluding hydrogens is 260 g/mol. The van der Waals surface area contributed by atoms with Gasteiger partial charge in [-0.3, -0.25) is 9.59 Å². The molecule has 1 aromatic heterocycles. The van der Waals surface area contributed by atoms with Crippen molar-refractivity contribution in [1.29, 1.82) is 0 Å². The Morgan fingerprint density at radius 2 is 2.06 bits per heavy atom. The highest BCUT2D eigenvalue weighted by molar-refractivity contribution is 7.89. The molecule has 2 amide bonds. The minimum atomic E-state index is -3.85. The normalized spacial score (nSPS) is 11.2. The second-order valence-corrected chi connectivity index (χ2v) is 5.31. The Kier molecular flexibility index (Phi) is 4.09. The third-order valence-corrected chi connectivity index (χ3v) is 3.55. The monoisotopic (exact) mass is 274 g/mol. The van der Waals surface area contributed by atoms with Gasteiger partial charge in [-0.25, -0.2) is 13.1 Å². The molecule has 1 aromatic rings. The largest absolute Gasteiger partial charge is 0.369 e. The van der Waals surface area contributed by atoms with Crippen molar-refractivity contribution in [2.45, 2.75) is 4.90 Å². The van der Waals surface area contributed by atoms with Crippen molar-refractivity contribution < 1.29 is 18.0 Å². The van der Waals surface area contributed by atoms with Crippen LogP contribution < -0.4 is 15.8 Å². The van der Waals surface area contributed by atoms with Gasteiger partial charge in [-0.05, 0) is 6.07 Å². The van der Waals surface area contributed by atoms with E-state index in [2.05, 4.69) is 5.32 Å². The van der Waals surface area contributed by atoms with Gasteiger partial charge >= 0.3 is 0 Å². The number of primary amides is 1. The summed E-state index contributed by atoms with van der Waals surface area (Å²) in [4.78, 5) is 21.8. The van der Waals surface area contributed by atoms with Crippen molar-refractivity contribution in [3.63, 3.8) is 0 Å². The van der Waals surface area contributed by atoms with E-state index >= 15 is 0 Å². The lowest BCUT2D eigenvalue weighted by atomic mass is 10.4. The van der Waals surface area contributed by atoms with E-state index in [1.54, 1.807) is 0 Å². The Morgan fingerprint density at radius 1 is 1.44 bits per heavy atom. The lowest BCUT2D eigenvalue weighted by molar-refractivity contribution is -0.116. The van der Waals surface area contributed by atoms with Crippen LogP contribution in [0.1, 0.15) is 10.5 Å². The van der Waals surface area contributed by atoms with Crippen LogP contribution in [0.2, 0.25) is 0 Å². The number of hydrogen-bond acceptors (Lipinski definition) is 4. The van der Waals surface area contributed by atoms with Crippen LogP contribution in [0.25, 0.3) is 0 Å². The minimum absolute atomic E-state index is 0.107. The van der Waals surface area contributed by atoms with Crippen LogP contribution in [0, 0.1) is 0 Å². The molecule has 0 unspecified atom stereocenters. The van der Waals surface area contributed by atoms with Crippen LogP contribution in [0.15, 0.2) is 17.2 Å². The predicted molar refractivity (Wildman–Crippen MR) is 63.2 cm³/mol. The molecule has 4 N–H and O–H groups in total. The summed E-state index contributed by atoms with van der Waals surface area (Å²) in [6.07, 6.45) is 1.27. The topological polar surface area (TPSA) is 123 Å². The van der Waals surface area contributed by atoms with Gasteiger partial charge in [0.1, 0.15) is 10.6 Å². The SMILES string of the molecule is CNC(=O)c1cc(S(=O)(=O)NCC(N)=O)cn1C. The lowest BCUT2D eigenvalue weighted by Gasteiger charge is -2.01. The second-order valence-electron chi connectivity index (χ2n) is 3.54. The van der Waals surface area contributed by atoms with Gasteiger partial charge in [0.15, 0.2) is 0 Å². The van der Waals surface area contributed by atoms with Crippen LogP contribution in [0.4, 0.5) is 0 Å². The van der Waals surface area contributed by atoms with E-state index in [-0.39, 0.29) is 10.6 Å². The summed E-state index contributed by atoms with van der Waals surface area (Å²) in [6.45, 7) is -0.494. The Morgan fingerprint density at radius 3 is 2.56 bits per heavy atom. The summed E-state index contributed by atoms with van der Waals surface area (Å²) in [5, 5.41) is 2.39. The molecule has 0 aliphatic heterocycles. The number of carbonyl (C=O) groups is 2. The minimum Gasteiger partial charge on any atom is -0.369 e. The number of aromatic nitrogens is 1. The third kappa shape index (κ3) is 3.08. The molecule has 0 spiro atoms. The van der Waals surface area contributed by atoms with Gasteiger partial charge in [-0.2, -0.15) is 0 Å². The number of amides is 2. The van der Waals surface area contributed by atoms with Crippen molar-refractivity contribution in [3.8, 4) is 0 Å². The highest BCUT2D eigenvalue weighted by atomic mass is 32.2.